The Morgan fingerprint density at radius 1 is 0.967 bits per heavy atom. The molecular formula is C22H31BrO5SSi. The van der Waals surface area contributed by atoms with Crippen LogP contribution >= 0.6 is 15.9 Å². The van der Waals surface area contributed by atoms with Crippen molar-refractivity contribution in [3.05, 3.63) is 63.6 Å². The molecule has 30 heavy (non-hydrogen) atoms. The third-order valence-corrected chi connectivity index (χ3v) is 11.0. The van der Waals surface area contributed by atoms with E-state index in [1.165, 1.54) is 0 Å². The molecule has 0 aliphatic heterocycles. The molecule has 0 atom stereocenters. The lowest BCUT2D eigenvalue weighted by Gasteiger charge is -2.36. The van der Waals surface area contributed by atoms with Crippen LogP contribution < -0.4 is 4.74 Å². The summed E-state index contributed by atoms with van der Waals surface area (Å²) in [5, 5.41) is 0.168. The highest BCUT2D eigenvalue weighted by atomic mass is 79.9. The number of ether oxygens (including phenoxy) is 1. The standard InChI is InChI=1S/C22H31BrO5SSi/c1-22(2,3)30(5,6)28-15-17-8-7-9-20(13-17)26-14-18-10-11-21(23)19(12-18)16-27-29(4,24)25/h7-13H,14-16H2,1-6H3. The summed E-state index contributed by atoms with van der Waals surface area (Å²) in [6.07, 6.45) is 1.04. The fraction of sp³-hybridized carbons (Fsp3) is 0.455. The maximum atomic E-state index is 11.2. The van der Waals surface area contributed by atoms with Crippen LogP contribution in [0.3, 0.4) is 0 Å². The molecule has 2 aromatic rings. The maximum Gasteiger partial charge on any atom is 0.264 e. The zero-order valence-corrected chi connectivity index (χ0v) is 21.9. The summed E-state index contributed by atoms with van der Waals surface area (Å²) < 4.78 is 40.4. The van der Waals surface area contributed by atoms with Crippen molar-refractivity contribution >= 4 is 34.4 Å². The van der Waals surface area contributed by atoms with Gasteiger partial charge in [0.15, 0.2) is 8.32 Å². The van der Waals surface area contributed by atoms with Gasteiger partial charge in [-0.05, 0) is 59.1 Å². The van der Waals surface area contributed by atoms with E-state index in [1.807, 2.05) is 42.5 Å². The third kappa shape index (κ3) is 7.81. The van der Waals surface area contributed by atoms with Gasteiger partial charge in [0.25, 0.3) is 10.1 Å². The van der Waals surface area contributed by atoms with Crippen molar-refractivity contribution in [1.29, 1.82) is 0 Å². The van der Waals surface area contributed by atoms with E-state index < -0.39 is 18.4 Å². The second kappa shape index (κ2) is 9.95. The molecule has 0 saturated heterocycles. The van der Waals surface area contributed by atoms with Crippen LogP contribution in [0.1, 0.15) is 37.5 Å². The fourth-order valence-electron chi connectivity index (χ4n) is 2.37. The number of hydrogen-bond donors (Lipinski definition) is 0. The lowest BCUT2D eigenvalue weighted by molar-refractivity contribution is 0.273. The van der Waals surface area contributed by atoms with Gasteiger partial charge in [0.2, 0.25) is 0 Å². The van der Waals surface area contributed by atoms with Crippen molar-refractivity contribution < 1.29 is 21.8 Å². The first-order valence-corrected chi connectivity index (χ1v) is 15.3. The lowest BCUT2D eigenvalue weighted by atomic mass is 10.1. The van der Waals surface area contributed by atoms with Crippen LogP contribution in [-0.2, 0) is 38.5 Å². The average molecular weight is 516 g/mol. The summed E-state index contributed by atoms with van der Waals surface area (Å²) in [4.78, 5) is 0. The second-order valence-corrected chi connectivity index (χ2v) is 16.2. The van der Waals surface area contributed by atoms with Crippen molar-refractivity contribution in [2.45, 2.75) is 58.7 Å². The highest BCUT2D eigenvalue weighted by molar-refractivity contribution is 9.10. The normalized spacial score (nSPS) is 12.8. The van der Waals surface area contributed by atoms with Crippen LogP contribution in [0.15, 0.2) is 46.9 Å². The molecule has 0 N–H and O–H groups in total. The summed E-state index contributed by atoms with van der Waals surface area (Å²) >= 11 is 3.42. The number of benzene rings is 2. The Labute approximate surface area is 190 Å². The summed E-state index contributed by atoms with van der Waals surface area (Å²) in [5.41, 5.74) is 2.75. The molecule has 0 fully saturated rings. The van der Waals surface area contributed by atoms with E-state index in [9.17, 15) is 8.42 Å². The van der Waals surface area contributed by atoms with Gasteiger partial charge in [-0.3, -0.25) is 4.18 Å². The quantitative estimate of drug-likeness (QED) is 0.302. The highest BCUT2D eigenvalue weighted by Gasteiger charge is 2.37. The zero-order valence-electron chi connectivity index (χ0n) is 18.5. The number of hydrogen-bond acceptors (Lipinski definition) is 5. The zero-order chi connectivity index (χ0) is 22.6. The molecule has 0 radical (unpaired) electrons. The first-order valence-electron chi connectivity index (χ1n) is 9.74. The summed E-state index contributed by atoms with van der Waals surface area (Å²) in [5.74, 6) is 0.767. The van der Waals surface area contributed by atoms with Gasteiger partial charge in [0, 0.05) is 4.47 Å². The highest BCUT2D eigenvalue weighted by Crippen LogP contribution is 2.37. The Kier molecular flexibility index (Phi) is 8.32. The molecular weight excluding hydrogens is 484 g/mol. The van der Waals surface area contributed by atoms with E-state index in [1.54, 1.807) is 0 Å². The largest absolute Gasteiger partial charge is 0.489 e. The molecule has 8 heteroatoms. The SMILES string of the molecule is CC(C)(C)[Si](C)(C)OCc1cccc(OCc2ccc(Br)c(COS(C)(=O)=O)c2)c1. The Balaban J connectivity index is 2.00. The Morgan fingerprint density at radius 2 is 1.63 bits per heavy atom. The predicted molar refractivity (Wildman–Crippen MR) is 127 cm³/mol. The van der Waals surface area contributed by atoms with Gasteiger partial charge in [-0.25, -0.2) is 0 Å². The molecule has 2 rings (SSSR count). The smallest absolute Gasteiger partial charge is 0.264 e. The summed E-state index contributed by atoms with van der Waals surface area (Å²) in [7, 11) is -5.31. The van der Waals surface area contributed by atoms with Crippen LogP contribution in [0.4, 0.5) is 0 Å². The van der Waals surface area contributed by atoms with Gasteiger partial charge >= 0.3 is 0 Å². The first kappa shape index (κ1) is 25.1. The van der Waals surface area contributed by atoms with Crippen molar-refractivity contribution in [1.82, 2.24) is 0 Å². The van der Waals surface area contributed by atoms with Gasteiger partial charge in [-0.2, -0.15) is 8.42 Å². The topological polar surface area (TPSA) is 61.8 Å². The van der Waals surface area contributed by atoms with Crippen LogP contribution in [-0.4, -0.2) is 23.0 Å². The second-order valence-electron chi connectivity index (χ2n) is 8.88. The minimum Gasteiger partial charge on any atom is -0.489 e. The molecule has 0 unspecified atom stereocenters. The molecule has 0 saturated carbocycles. The third-order valence-electron chi connectivity index (χ3n) is 5.25. The van der Waals surface area contributed by atoms with Gasteiger partial charge in [0.1, 0.15) is 12.4 Å². The Bertz CT molecular complexity index is 968. The molecule has 0 amide bonds. The van der Waals surface area contributed by atoms with E-state index in [0.717, 1.165) is 33.2 Å². The molecule has 0 spiro atoms. The van der Waals surface area contributed by atoms with Gasteiger partial charge < -0.3 is 9.16 Å². The fourth-order valence-corrected chi connectivity index (χ4v) is 4.03. The van der Waals surface area contributed by atoms with Crippen molar-refractivity contribution in [3.63, 3.8) is 0 Å². The molecule has 0 aromatic heterocycles. The lowest BCUT2D eigenvalue weighted by Crippen LogP contribution is -2.40. The van der Waals surface area contributed by atoms with Crippen LogP contribution in [0, 0.1) is 0 Å². The van der Waals surface area contributed by atoms with E-state index in [-0.39, 0.29) is 11.6 Å². The maximum absolute atomic E-state index is 11.2. The molecule has 5 nitrogen and oxygen atoms in total. The number of halogens is 1. The molecule has 0 bridgehead atoms. The monoisotopic (exact) mass is 514 g/mol. The van der Waals surface area contributed by atoms with Crippen molar-refractivity contribution in [3.8, 4) is 5.75 Å². The number of rotatable bonds is 9. The van der Waals surface area contributed by atoms with Crippen molar-refractivity contribution in [2.24, 2.45) is 0 Å². The van der Waals surface area contributed by atoms with Gasteiger partial charge in [-0.15, -0.1) is 0 Å². The van der Waals surface area contributed by atoms with Crippen LogP contribution in [0.5, 0.6) is 5.75 Å². The van der Waals surface area contributed by atoms with Gasteiger partial charge in [0.05, 0.1) is 19.5 Å². The van der Waals surface area contributed by atoms with Crippen LogP contribution in [0.25, 0.3) is 0 Å². The first-order chi connectivity index (χ1) is 13.8. The predicted octanol–water partition coefficient (Wildman–Crippen LogP) is 6.03. The van der Waals surface area contributed by atoms with E-state index in [4.69, 9.17) is 13.3 Å². The minimum absolute atomic E-state index is 0.0203. The van der Waals surface area contributed by atoms with Gasteiger partial charge in [-0.1, -0.05) is 54.9 Å². The molecule has 0 aliphatic carbocycles. The molecule has 0 heterocycles. The van der Waals surface area contributed by atoms with E-state index in [2.05, 4.69) is 49.8 Å². The van der Waals surface area contributed by atoms with E-state index >= 15 is 0 Å². The molecule has 166 valence electrons. The van der Waals surface area contributed by atoms with Crippen LogP contribution in [0.2, 0.25) is 18.1 Å². The Morgan fingerprint density at radius 3 is 2.27 bits per heavy atom. The minimum atomic E-state index is -3.50. The molecule has 2 aromatic carbocycles. The van der Waals surface area contributed by atoms with E-state index in [0.29, 0.717) is 13.2 Å². The average Bonchev–Trinajstić information content (AvgIpc) is 2.63. The summed E-state index contributed by atoms with van der Waals surface area (Å²) in [6.45, 7) is 12.1. The molecule has 0 aliphatic rings. The summed E-state index contributed by atoms with van der Waals surface area (Å²) in [6, 6.07) is 13.6. The van der Waals surface area contributed by atoms with Crippen molar-refractivity contribution in [2.75, 3.05) is 6.26 Å². The Hall–Kier alpha value is -1.19.